The van der Waals surface area contributed by atoms with Crippen molar-refractivity contribution in [3.8, 4) is 0 Å². The van der Waals surface area contributed by atoms with Gasteiger partial charge in [0.05, 0.1) is 4.88 Å². The smallest absolute Gasteiger partial charge is 0.343 e. The number of ether oxygens (including phenoxy) is 1. The number of hydrogen-bond acceptors (Lipinski definition) is 7. The first kappa shape index (κ1) is 16.1. The van der Waals surface area contributed by atoms with Crippen molar-refractivity contribution in [1.82, 2.24) is 9.55 Å². The average Bonchev–Trinajstić information content (AvgIpc) is 3.12. The van der Waals surface area contributed by atoms with Crippen LogP contribution in [0.4, 0.5) is 0 Å². The van der Waals surface area contributed by atoms with Crippen molar-refractivity contribution in [1.29, 1.82) is 0 Å². The summed E-state index contributed by atoms with van der Waals surface area (Å²) in [5, 5.41) is 0.0573. The van der Waals surface area contributed by atoms with Gasteiger partial charge < -0.3 is 13.7 Å². The van der Waals surface area contributed by atoms with Gasteiger partial charge in [-0.3, -0.25) is 9.59 Å². The zero-order valence-electron chi connectivity index (χ0n) is 13.3. The molecular weight excluding hydrogens is 332 g/mol. The summed E-state index contributed by atoms with van der Waals surface area (Å²) >= 11 is 1.33. The fraction of sp³-hybridized carbons (Fsp3) is 0.250. The molecule has 0 aliphatic rings. The quantitative estimate of drug-likeness (QED) is 0.531. The number of nitrogens with zero attached hydrogens (tertiary/aromatic N) is 2. The second kappa shape index (κ2) is 6.04. The molecule has 124 valence electrons. The number of furan rings is 1. The molecule has 0 bridgehead atoms. The topological polar surface area (TPSA) is 91.4 Å². The van der Waals surface area contributed by atoms with E-state index in [9.17, 15) is 14.4 Å². The van der Waals surface area contributed by atoms with Gasteiger partial charge in [-0.1, -0.05) is 0 Å². The van der Waals surface area contributed by atoms with Crippen molar-refractivity contribution in [2.75, 3.05) is 6.61 Å². The molecule has 0 unspecified atom stereocenters. The van der Waals surface area contributed by atoms with Crippen molar-refractivity contribution in [3.05, 3.63) is 49.9 Å². The van der Waals surface area contributed by atoms with E-state index >= 15 is 0 Å². The Kier molecular flexibility index (Phi) is 4.06. The molecule has 3 rings (SSSR count). The van der Waals surface area contributed by atoms with Crippen LogP contribution in [-0.4, -0.2) is 27.9 Å². The Bertz CT molecular complexity index is 1010. The van der Waals surface area contributed by atoms with Crippen LogP contribution in [0.1, 0.15) is 30.7 Å². The predicted octanol–water partition coefficient (Wildman–Crippen LogP) is 2.24. The predicted molar refractivity (Wildman–Crippen MR) is 87.7 cm³/mol. The number of carbonyl (C=O) groups is 2. The third kappa shape index (κ3) is 2.76. The summed E-state index contributed by atoms with van der Waals surface area (Å²) in [5.74, 6) is -0.846. The molecule has 0 N–H and O–H groups in total. The molecule has 3 aromatic rings. The van der Waals surface area contributed by atoms with Crippen LogP contribution in [0.15, 0.2) is 27.7 Å². The highest BCUT2D eigenvalue weighted by molar-refractivity contribution is 7.14. The number of hydrogen-bond donors (Lipinski definition) is 0. The second-order valence-electron chi connectivity index (χ2n) is 5.28. The van der Waals surface area contributed by atoms with E-state index in [1.165, 1.54) is 29.3 Å². The molecule has 0 aliphatic carbocycles. The van der Waals surface area contributed by atoms with Crippen molar-refractivity contribution >= 4 is 34.2 Å². The number of aromatic nitrogens is 2. The molecule has 0 atom stereocenters. The fourth-order valence-electron chi connectivity index (χ4n) is 2.29. The molecule has 0 fully saturated rings. The number of fused-ring (bicyclic) bond motifs is 1. The SMILES string of the molecule is Cc1ccc(C(=O)COC(=O)c2c(C)oc3ncn(C)c(=O)c23)s1. The third-order valence-corrected chi connectivity index (χ3v) is 4.54. The van der Waals surface area contributed by atoms with Crippen LogP contribution < -0.4 is 5.56 Å². The summed E-state index contributed by atoms with van der Waals surface area (Å²) in [7, 11) is 1.52. The van der Waals surface area contributed by atoms with Gasteiger partial charge in [0, 0.05) is 11.9 Å². The van der Waals surface area contributed by atoms with Crippen molar-refractivity contribution in [2.24, 2.45) is 7.05 Å². The maximum atomic E-state index is 12.3. The lowest BCUT2D eigenvalue weighted by Gasteiger charge is -2.03. The molecule has 0 amide bonds. The van der Waals surface area contributed by atoms with Gasteiger partial charge in [0.1, 0.15) is 23.0 Å². The van der Waals surface area contributed by atoms with Crippen LogP contribution >= 0.6 is 11.3 Å². The number of carbonyl (C=O) groups excluding carboxylic acids is 2. The summed E-state index contributed by atoms with van der Waals surface area (Å²) in [6.45, 7) is 3.03. The Morgan fingerprint density at radius 3 is 2.75 bits per heavy atom. The molecule has 0 aromatic carbocycles. The van der Waals surface area contributed by atoms with Crippen LogP contribution in [0.25, 0.3) is 11.1 Å². The highest BCUT2D eigenvalue weighted by atomic mass is 32.1. The van der Waals surface area contributed by atoms with Crippen LogP contribution in [0, 0.1) is 13.8 Å². The summed E-state index contributed by atoms with van der Waals surface area (Å²) < 4.78 is 11.7. The highest BCUT2D eigenvalue weighted by Gasteiger charge is 2.24. The van der Waals surface area contributed by atoms with Crippen LogP contribution in [0.5, 0.6) is 0 Å². The minimum absolute atomic E-state index is 0.00820. The van der Waals surface area contributed by atoms with E-state index in [-0.39, 0.29) is 28.2 Å². The molecule has 8 heteroatoms. The molecule has 0 saturated carbocycles. The molecule has 0 aliphatic heterocycles. The standard InChI is InChI=1S/C16H14N2O5S/c1-8-4-5-11(24-8)10(19)6-22-16(21)12-9(2)23-14-13(12)15(20)18(3)7-17-14/h4-5,7H,6H2,1-3H3. The first-order valence-corrected chi connectivity index (χ1v) is 7.91. The first-order valence-electron chi connectivity index (χ1n) is 7.10. The minimum Gasteiger partial charge on any atom is -0.454 e. The van der Waals surface area contributed by atoms with Gasteiger partial charge in [-0.2, -0.15) is 0 Å². The van der Waals surface area contributed by atoms with E-state index in [0.29, 0.717) is 4.88 Å². The molecule has 3 aromatic heterocycles. The number of ketones is 1. The Balaban J connectivity index is 1.87. The summed E-state index contributed by atoms with van der Waals surface area (Å²) in [4.78, 5) is 42.1. The molecule has 0 saturated heterocycles. The van der Waals surface area contributed by atoms with Gasteiger partial charge in [0.2, 0.25) is 11.5 Å². The van der Waals surface area contributed by atoms with Gasteiger partial charge in [-0.25, -0.2) is 9.78 Å². The number of thiophene rings is 1. The fourth-order valence-corrected chi connectivity index (χ4v) is 3.08. The van der Waals surface area contributed by atoms with E-state index < -0.39 is 18.1 Å². The Morgan fingerprint density at radius 2 is 2.08 bits per heavy atom. The van der Waals surface area contributed by atoms with E-state index in [2.05, 4.69) is 4.98 Å². The number of aryl methyl sites for hydroxylation is 3. The Labute approximate surface area is 140 Å². The molecular formula is C16H14N2O5S. The lowest BCUT2D eigenvalue weighted by Crippen LogP contribution is -2.20. The van der Waals surface area contributed by atoms with E-state index in [4.69, 9.17) is 9.15 Å². The lowest BCUT2D eigenvalue weighted by atomic mass is 10.2. The van der Waals surface area contributed by atoms with Gasteiger partial charge in [0.15, 0.2) is 6.61 Å². The summed E-state index contributed by atoms with van der Waals surface area (Å²) in [6.07, 6.45) is 1.31. The molecule has 7 nitrogen and oxygen atoms in total. The third-order valence-electron chi connectivity index (χ3n) is 3.50. The maximum absolute atomic E-state index is 12.3. The molecule has 24 heavy (non-hydrogen) atoms. The molecule has 0 radical (unpaired) electrons. The average molecular weight is 346 g/mol. The van der Waals surface area contributed by atoms with Crippen LogP contribution in [0.2, 0.25) is 0 Å². The van der Waals surface area contributed by atoms with Gasteiger partial charge in [-0.05, 0) is 26.0 Å². The van der Waals surface area contributed by atoms with Crippen LogP contribution in [0.3, 0.4) is 0 Å². The largest absolute Gasteiger partial charge is 0.454 e. The zero-order valence-corrected chi connectivity index (χ0v) is 14.1. The van der Waals surface area contributed by atoms with Crippen molar-refractivity contribution < 1.29 is 18.7 Å². The van der Waals surface area contributed by atoms with E-state index in [1.54, 1.807) is 13.0 Å². The van der Waals surface area contributed by atoms with Gasteiger partial charge >= 0.3 is 5.97 Å². The summed E-state index contributed by atoms with van der Waals surface area (Å²) in [5.41, 5.74) is -0.333. The highest BCUT2D eigenvalue weighted by Crippen LogP contribution is 2.22. The normalized spacial score (nSPS) is 11.0. The van der Waals surface area contributed by atoms with Gasteiger partial charge in [0.25, 0.3) is 5.56 Å². The van der Waals surface area contributed by atoms with Crippen LogP contribution in [-0.2, 0) is 11.8 Å². The number of esters is 1. The minimum atomic E-state index is -0.780. The summed E-state index contributed by atoms with van der Waals surface area (Å²) in [6, 6.07) is 3.51. The molecule has 3 heterocycles. The molecule has 0 spiro atoms. The number of rotatable bonds is 4. The first-order chi connectivity index (χ1) is 11.4. The van der Waals surface area contributed by atoms with E-state index in [0.717, 1.165) is 4.88 Å². The second-order valence-corrected chi connectivity index (χ2v) is 6.57. The van der Waals surface area contributed by atoms with Gasteiger partial charge in [-0.15, -0.1) is 11.3 Å². The van der Waals surface area contributed by atoms with Crippen molar-refractivity contribution in [3.63, 3.8) is 0 Å². The zero-order chi connectivity index (χ0) is 17.4. The monoisotopic (exact) mass is 346 g/mol. The lowest BCUT2D eigenvalue weighted by molar-refractivity contribution is 0.0475. The maximum Gasteiger partial charge on any atom is 0.343 e. The Morgan fingerprint density at radius 1 is 1.33 bits per heavy atom. The van der Waals surface area contributed by atoms with E-state index in [1.807, 2.05) is 13.0 Å². The Hall–Kier alpha value is -2.74. The van der Waals surface area contributed by atoms with Crippen molar-refractivity contribution in [2.45, 2.75) is 13.8 Å². The number of Topliss-reactive ketones (excluding diaryl/α,β-unsaturated/α-hetero) is 1.